The maximum Gasteiger partial charge on any atom is 0.270 e. The lowest BCUT2D eigenvalue weighted by molar-refractivity contribution is -0.384. The number of nitrogens with one attached hydrogen (secondary N) is 1. The van der Waals surface area contributed by atoms with Crippen LogP contribution in [-0.4, -0.2) is 22.9 Å². The number of hydrogen-bond donors (Lipinski definition) is 1. The molecule has 0 aliphatic rings. The number of nitro groups is 1. The third-order valence-corrected chi connectivity index (χ3v) is 5.07. The summed E-state index contributed by atoms with van der Waals surface area (Å²) in [6.45, 7) is 0. The standard InChI is InChI=1S/C19H14BrN3O4S/c1-27-17-7-6-13(10-15(17)20)16-11-28-19(21-16)22-18(24)8-5-12-3-2-4-14(9-12)23(25)26/h2-11H,1H3,(H,21,22,24). The number of anilines is 1. The molecule has 7 nitrogen and oxygen atoms in total. The number of rotatable bonds is 6. The highest BCUT2D eigenvalue weighted by molar-refractivity contribution is 9.10. The highest BCUT2D eigenvalue weighted by Crippen LogP contribution is 2.32. The van der Waals surface area contributed by atoms with E-state index in [1.54, 1.807) is 19.2 Å². The average Bonchev–Trinajstić information content (AvgIpc) is 3.15. The fourth-order valence-corrected chi connectivity index (χ4v) is 3.61. The summed E-state index contributed by atoms with van der Waals surface area (Å²) < 4.78 is 6.02. The number of carbonyl (C=O) groups is 1. The lowest BCUT2D eigenvalue weighted by Gasteiger charge is -2.04. The van der Waals surface area contributed by atoms with Crippen molar-refractivity contribution in [3.05, 3.63) is 74.1 Å². The highest BCUT2D eigenvalue weighted by Gasteiger charge is 2.09. The molecule has 1 heterocycles. The fourth-order valence-electron chi connectivity index (χ4n) is 2.35. The smallest absolute Gasteiger partial charge is 0.270 e. The maximum absolute atomic E-state index is 12.1. The minimum atomic E-state index is -0.480. The van der Waals surface area contributed by atoms with Gasteiger partial charge in [-0.2, -0.15) is 0 Å². The minimum absolute atomic E-state index is 0.0298. The Kier molecular flexibility index (Phi) is 6.17. The first kappa shape index (κ1) is 19.7. The number of methoxy groups -OCH3 is 1. The second kappa shape index (κ2) is 8.77. The van der Waals surface area contributed by atoms with Gasteiger partial charge < -0.3 is 4.74 Å². The summed E-state index contributed by atoms with van der Waals surface area (Å²) in [6, 6.07) is 11.6. The number of nitro benzene ring substituents is 1. The predicted octanol–water partition coefficient (Wildman–Crippen LogP) is 5.14. The van der Waals surface area contributed by atoms with Crippen molar-refractivity contribution in [2.75, 3.05) is 12.4 Å². The van der Waals surface area contributed by atoms with E-state index in [0.29, 0.717) is 10.7 Å². The van der Waals surface area contributed by atoms with Crippen molar-refractivity contribution < 1.29 is 14.5 Å². The monoisotopic (exact) mass is 459 g/mol. The Labute approximate surface area is 173 Å². The van der Waals surface area contributed by atoms with Gasteiger partial charge >= 0.3 is 0 Å². The molecule has 2 aromatic carbocycles. The summed E-state index contributed by atoms with van der Waals surface area (Å²) in [5.41, 5.74) is 2.15. The summed E-state index contributed by atoms with van der Waals surface area (Å²) >= 11 is 4.74. The number of non-ortho nitro benzene ring substituents is 1. The van der Waals surface area contributed by atoms with E-state index in [1.165, 1.54) is 35.6 Å². The van der Waals surface area contributed by atoms with Crippen LogP contribution in [0.5, 0.6) is 5.75 Å². The molecule has 0 aliphatic carbocycles. The normalized spacial score (nSPS) is 10.8. The average molecular weight is 460 g/mol. The van der Waals surface area contributed by atoms with Crippen LogP contribution in [0.1, 0.15) is 5.56 Å². The SMILES string of the molecule is COc1ccc(-c2csc(NC(=O)C=Cc3cccc([N+](=O)[O-])c3)n2)cc1Br. The van der Waals surface area contributed by atoms with Crippen molar-refractivity contribution in [1.29, 1.82) is 0 Å². The molecule has 28 heavy (non-hydrogen) atoms. The third-order valence-electron chi connectivity index (χ3n) is 3.69. The Morgan fingerprint density at radius 3 is 2.86 bits per heavy atom. The van der Waals surface area contributed by atoms with Gasteiger partial charge in [0, 0.05) is 29.2 Å². The van der Waals surface area contributed by atoms with Crippen molar-refractivity contribution in [3.8, 4) is 17.0 Å². The maximum atomic E-state index is 12.1. The molecule has 9 heteroatoms. The van der Waals surface area contributed by atoms with Crippen molar-refractivity contribution in [2.24, 2.45) is 0 Å². The zero-order valence-electron chi connectivity index (χ0n) is 14.6. The largest absolute Gasteiger partial charge is 0.496 e. The number of aromatic nitrogens is 1. The van der Waals surface area contributed by atoms with Crippen LogP contribution in [0.4, 0.5) is 10.8 Å². The molecule has 0 saturated carbocycles. The number of benzene rings is 2. The molecule has 142 valence electrons. The molecule has 0 spiro atoms. The van der Waals surface area contributed by atoms with Crippen LogP contribution in [0, 0.1) is 10.1 Å². The van der Waals surface area contributed by atoms with Crippen LogP contribution in [-0.2, 0) is 4.79 Å². The first-order valence-corrected chi connectivity index (χ1v) is 9.66. The first-order valence-electron chi connectivity index (χ1n) is 7.99. The van der Waals surface area contributed by atoms with Crippen LogP contribution in [0.3, 0.4) is 0 Å². The number of thiazole rings is 1. The van der Waals surface area contributed by atoms with Gasteiger partial charge in [-0.1, -0.05) is 12.1 Å². The topological polar surface area (TPSA) is 94.4 Å². The molecular formula is C19H14BrN3O4S. The molecular weight excluding hydrogens is 446 g/mol. The van der Waals surface area contributed by atoms with Gasteiger partial charge in [0.2, 0.25) is 5.91 Å². The summed E-state index contributed by atoms with van der Waals surface area (Å²) in [5, 5.41) is 15.8. The number of amides is 1. The van der Waals surface area contributed by atoms with Crippen LogP contribution in [0.25, 0.3) is 17.3 Å². The van der Waals surface area contributed by atoms with E-state index in [0.717, 1.165) is 21.5 Å². The molecule has 3 aromatic rings. The van der Waals surface area contributed by atoms with E-state index in [-0.39, 0.29) is 11.6 Å². The van der Waals surface area contributed by atoms with Gasteiger partial charge in [0.15, 0.2) is 5.13 Å². The predicted molar refractivity (Wildman–Crippen MR) is 113 cm³/mol. The van der Waals surface area contributed by atoms with Crippen LogP contribution in [0.2, 0.25) is 0 Å². The Morgan fingerprint density at radius 2 is 2.14 bits per heavy atom. The Morgan fingerprint density at radius 1 is 1.32 bits per heavy atom. The molecule has 0 unspecified atom stereocenters. The zero-order chi connectivity index (χ0) is 20.1. The van der Waals surface area contributed by atoms with E-state index in [1.807, 2.05) is 23.6 Å². The second-order valence-corrected chi connectivity index (χ2v) is 7.27. The molecule has 1 N–H and O–H groups in total. The lowest BCUT2D eigenvalue weighted by Crippen LogP contribution is -2.07. The van der Waals surface area contributed by atoms with Gasteiger partial charge in [0.05, 0.1) is 22.2 Å². The van der Waals surface area contributed by atoms with Gasteiger partial charge in [-0.3, -0.25) is 20.2 Å². The van der Waals surface area contributed by atoms with Crippen molar-refractivity contribution >= 4 is 50.1 Å². The van der Waals surface area contributed by atoms with E-state index >= 15 is 0 Å². The van der Waals surface area contributed by atoms with Gasteiger partial charge in [0.1, 0.15) is 5.75 Å². The number of nitrogens with zero attached hydrogens (tertiary/aromatic N) is 2. The van der Waals surface area contributed by atoms with Crippen molar-refractivity contribution in [1.82, 2.24) is 4.98 Å². The molecule has 0 fully saturated rings. The summed E-state index contributed by atoms with van der Waals surface area (Å²) in [5.74, 6) is 0.349. The van der Waals surface area contributed by atoms with E-state index in [4.69, 9.17) is 4.74 Å². The molecule has 3 rings (SSSR count). The van der Waals surface area contributed by atoms with Crippen molar-refractivity contribution in [3.63, 3.8) is 0 Å². The number of halogens is 1. The van der Waals surface area contributed by atoms with Gasteiger partial charge in [-0.15, -0.1) is 11.3 Å². The first-order chi connectivity index (χ1) is 13.5. The second-order valence-electron chi connectivity index (χ2n) is 5.56. The van der Waals surface area contributed by atoms with Crippen LogP contribution >= 0.6 is 27.3 Å². The molecule has 1 aromatic heterocycles. The zero-order valence-corrected chi connectivity index (χ0v) is 17.0. The van der Waals surface area contributed by atoms with E-state index in [9.17, 15) is 14.9 Å². The third kappa shape index (κ3) is 4.81. The number of hydrogen-bond acceptors (Lipinski definition) is 6. The molecule has 0 saturated heterocycles. The Hall–Kier alpha value is -3.04. The molecule has 1 amide bonds. The fraction of sp³-hybridized carbons (Fsp3) is 0.0526. The number of carbonyl (C=O) groups excluding carboxylic acids is 1. The van der Waals surface area contributed by atoms with Crippen LogP contribution < -0.4 is 10.1 Å². The van der Waals surface area contributed by atoms with E-state index < -0.39 is 4.92 Å². The molecule has 0 atom stereocenters. The van der Waals surface area contributed by atoms with E-state index in [2.05, 4.69) is 26.2 Å². The Balaban J connectivity index is 1.68. The molecule has 0 radical (unpaired) electrons. The Bertz CT molecular complexity index is 1060. The minimum Gasteiger partial charge on any atom is -0.496 e. The number of ether oxygens (including phenoxy) is 1. The highest BCUT2D eigenvalue weighted by atomic mass is 79.9. The molecule has 0 bridgehead atoms. The van der Waals surface area contributed by atoms with Gasteiger partial charge in [-0.05, 0) is 45.8 Å². The quantitative estimate of drug-likeness (QED) is 0.312. The summed E-state index contributed by atoms with van der Waals surface area (Å²) in [7, 11) is 1.59. The molecule has 0 aliphatic heterocycles. The van der Waals surface area contributed by atoms with Gasteiger partial charge in [-0.25, -0.2) is 4.98 Å². The van der Waals surface area contributed by atoms with Crippen molar-refractivity contribution in [2.45, 2.75) is 0 Å². The summed E-state index contributed by atoms with van der Waals surface area (Å²) in [4.78, 5) is 26.8. The lowest BCUT2D eigenvalue weighted by atomic mass is 10.2. The van der Waals surface area contributed by atoms with Crippen LogP contribution in [0.15, 0.2) is 58.4 Å². The van der Waals surface area contributed by atoms with Gasteiger partial charge in [0.25, 0.3) is 5.69 Å². The summed E-state index contributed by atoms with van der Waals surface area (Å²) in [6.07, 6.45) is 2.82.